The molecule has 0 aliphatic carbocycles. The summed E-state index contributed by atoms with van der Waals surface area (Å²) in [5.74, 6) is -0.543. The van der Waals surface area contributed by atoms with E-state index in [0.717, 1.165) is 6.42 Å². The SMILES string of the molecule is CCCCCCCCCC=CC=CC=CC=CC1=C(C(=O)O)O1. The van der Waals surface area contributed by atoms with Crippen LogP contribution in [-0.4, -0.2) is 11.1 Å². The third-order valence-electron chi connectivity index (χ3n) is 3.50. The van der Waals surface area contributed by atoms with Gasteiger partial charge in [-0.3, -0.25) is 0 Å². The normalized spacial score (nSPS) is 14.7. The highest BCUT2D eigenvalue weighted by atomic mass is 16.6. The predicted molar refractivity (Wildman–Crippen MR) is 94.9 cm³/mol. The number of ether oxygens (including phenoxy) is 1. The van der Waals surface area contributed by atoms with Gasteiger partial charge < -0.3 is 9.84 Å². The molecule has 23 heavy (non-hydrogen) atoms. The fourth-order valence-corrected chi connectivity index (χ4v) is 2.14. The Balaban J connectivity index is 1.98. The molecule has 0 atom stereocenters. The lowest BCUT2D eigenvalue weighted by atomic mass is 10.1. The van der Waals surface area contributed by atoms with E-state index in [1.54, 1.807) is 12.2 Å². The van der Waals surface area contributed by atoms with Crippen molar-refractivity contribution < 1.29 is 14.6 Å². The fraction of sp³-hybridized carbons (Fsp3) is 0.450. The molecule has 0 fully saturated rings. The Bertz CT molecular complexity index is 493. The first-order valence-electron chi connectivity index (χ1n) is 8.57. The van der Waals surface area contributed by atoms with Gasteiger partial charge in [-0.15, -0.1) is 0 Å². The first kappa shape index (κ1) is 19.0. The van der Waals surface area contributed by atoms with Gasteiger partial charge in [0.25, 0.3) is 5.76 Å². The van der Waals surface area contributed by atoms with E-state index < -0.39 is 5.97 Å². The maximum absolute atomic E-state index is 10.5. The second kappa shape index (κ2) is 12.5. The number of hydrogen-bond donors (Lipinski definition) is 1. The molecular formula is C20H28O3. The number of carboxylic acid groups (broad SMARTS) is 1. The lowest BCUT2D eigenvalue weighted by Crippen LogP contribution is -1.88. The van der Waals surface area contributed by atoms with Crippen molar-refractivity contribution in [1.29, 1.82) is 0 Å². The van der Waals surface area contributed by atoms with Crippen LogP contribution in [0.3, 0.4) is 0 Å². The number of unbranched alkanes of at least 4 members (excludes halogenated alkanes) is 7. The minimum Gasteiger partial charge on any atom is -0.475 e. The number of carboxylic acids is 1. The Labute approximate surface area is 139 Å². The molecule has 0 aromatic heterocycles. The van der Waals surface area contributed by atoms with E-state index in [1.165, 1.54) is 44.9 Å². The van der Waals surface area contributed by atoms with Gasteiger partial charge in [0, 0.05) is 0 Å². The lowest BCUT2D eigenvalue weighted by molar-refractivity contribution is -0.133. The van der Waals surface area contributed by atoms with Gasteiger partial charge in [-0.25, -0.2) is 4.79 Å². The third-order valence-corrected chi connectivity index (χ3v) is 3.50. The van der Waals surface area contributed by atoms with Gasteiger partial charge in [0.05, 0.1) is 0 Å². The first-order valence-corrected chi connectivity index (χ1v) is 8.57. The van der Waals surface area contributed by atoms with Crippen LogP contribution in [0.25, 0.3) is 0 Å². The molecule has 1 aliphatic heterocycles. The van der Waals surface area contributed by atoms with E-state index in [9.17, 15) is 4.79 Å². The van der Waals surface area contributed by atoms with Gasteiger partial charge in [-0.05, 0) is 18.9 Å². The summed E-state index contributed by atoms with van der Waals surface area (Å²) in [5.41, 5.74) is 0. The molecule has 1 aliphatic rings. The average Bonchev–Trinajstić information content (AvgIpc) is 3.31. The molecule has 0 amide bonds. The maximum atomic E-state index is 10.5. The van der Waals surface area contributed by atoms with E-state index in [4.69, 9.17) is 9.84 Å². The quantitative estimate of drug-likeness (QED) is 0.351. The molecule has 0 spiro atoms. The third kappa shape index (κ3) is 10.3. The Morgan fingerprint density at radius 3 is 2.17 bits per heavy atom. The first-order chi connectivity index (χ1) is 11.3. The van der Waals surface area contributed by atoms with Crippen LogP contribution in [0, 0.1) is 0 Å². The highest BCUT2D eigenvalue weighted by Gasteiger charge is 2.29. The zero-order valence-electron chi connectivity index (χ0n) is 14.0. The summed E-state index contributed by atoms with van der Waals surface area (Å²) in [5, 5.41) is 8.60. The lowest BCUT2D eigenvalue weighted by Gasteiger charge is -1.98. The Morgan fingerprint density at radius 2 is 1.52 bits per heavy atom. The number of carbonyl (C=O) groups is 1. The van der Waals surface area contributed by atoms with Crippen molar-refractivity contribution in [3.8, 4) is 0 Å². The summed E-state index contributed by atoms with van der Waals surface area (Å²) < 4.78 is 4.78. The fourth-order valence-electron chi connectivity index (χ4n) is 2.14. The van der Waals surface area contributed by atoms with Crippen molar-refractivity contribution in [3.63, 3.8) is 0 Å². The molecule has 0 aromatic carbocycles. The van der Waals surface area contributed by atoms with Crippen molar-refractivity contribution in [2.75, 3.05) is 0 Å². The van der Waals surface area contributed by atoms with Gasteiger partial charge >= 0.3 is 5.97 Å². The summed E-state index contributed by atoms with van der Waals surface area (Å²) in [6.07, 6.45) is 25.9. The molecule has 0 saturated carbocycles. The zero-order chi connectivity index (χ0) is 16.8. The van der Waals surface area contributed by atoms with Crippen LogP contribution in [0.5, 0.6) is 0 Å². The van der Waals surface area contributed by atoms with E-state index >= 15 is 0 Å². The largest absolute Gasteiger partial charge is 0.475 e. The topological polar surface area (TPSA) is 49.8 Å². The van der Waals surface area contributed by atoms with Crippen LogP contribution in [0.4, 0.5) is 0 Å². The number of aliphatic carboxylic acids is 1. The van der Waals surface area contributed by atoms with Crippen LogP contribution in [0.15, 0.2) is 60.1 Å². The van der Waals surface area contributed by atoms with Crippen LogP contribution in [-0.2, 0) is 9.53 Å². The summed E-state index contributed by atoms with van der Waals surface area (Å²) in [4.78, 5) is 10.5. The second-order valence-corrected chi connectivity index (χ2v) is 5.57. The molecule has 3 heteroatoms. The summed E-state index contributed by atoms with van der Waals surface area (Å²) in [6, 6.07) is 0. The molecule has 1 N–H and O–H groups in total. The van der Waals surface area contributed by atoms with Crippen molar-refractivity contribution in [1.82, 2.24) is 0 Å². The molecule has 0 radical (unpaired) electrons. The van der Waals surface area contributed by atoms with E-state index in [2.05, 4.69) is 19.1 Å². The Kier molecular flexibility index (Phi) is 10.3. The molecule has 0 bridgehead atoms. The Morgan fingerprint density at radius 1 is 0.913 bits per heavy atom. The van der Waals surface area contributed by atoms with Gasteiger partial charge in [0.2, 0.25) is 0 Å². The van der Waals surface area contributed by atoms with Gasteiger partial charge in [-0.2, -0.15) is 0 Å². The van der Waals surface area contributed by atoms with E-state index in [0.29, 0.717) is 5.76 Å². The molecule has 3 nitrogen and oxygen atoms in total. The monoisotopic (exact) mass is 316 g/mol. The van der Waals surface area contributed by atoms with Crippen LogP contribution in [0.1, 0.15) is 58.3 Å². The highest BCUT2D eigenvalue weighted by molar-refractivity contribution is 5.89. The van der Waals surface area contributed by atoms with E-state index in [-0.39, 0.29) is 5.76 Å². The smallest absolute Gasteiger partial charge is 0.375 e. The second-order valence-electron chi connectivity index (χ2n) is 5.57. The highest BCUT2D eigenvalue weighted by Crippen LogP contribution is 2.26. The average molecular weight is 316 g/mol. The molecule has 1 rings (SSSR count). The van der Waals surface area contributed by atoms with Crippen LogP contribution < -0.4 is 0 Å². The van der Waals surface area contributed by atoms with Gasteiger partial charge in [-0.1, -0.05) is 88.0 Å². The van der Waals surface area contributed by atoms with Gasteiger partial charge in [0.1, 0.15) is 0 Å². The van der Waals surface area contributed by atoms with Crippen molar-refractivity contribution >= 4 is 5.97 Å². The number of allylic oxidation sites excluding steroid dienone is 8. The zero-order valence-corrected chi connectivity index (χ0v) is 14.0. The van der Waals surface area contributed by atoms with Gasteiger partial charge in [0.15, 0.2) is 5.76 Å². The summed E-state index contributed by atoms with van der Waals surface area (Å²) in [7, 11) is 0. The van der Waals surface area contributed by atoms with Crippen molar-refractivity contribution in [2.24, 2.45) is 0 Å². The minimum absolute atomic E-state index is 0.0403. The number of hydrogen-bond acceptors (Lipinski definition) is 2. The van der Waals surface area contributed by atoms with E-state index in [1.807, 2.05) is 24.3 Å². The summed E-state index contributed by atoms with van der Waals surface area (Å²) in [6.45, 7) is 2.25. The molecule has 0 aromatic rings. The minimum atomic E-state index is -1.01. The maximum Gasteiger partial charge on any atom is 0.375 e. The molecular weight excluding hydrogens is 288 g/mol. The standard InChI is InChI=1S/C20H28O3/c1-2-3-4-5-6-7-8-9-10-11-12-13-14-15-16-17-18-19(23-18)20(21)22/h10-17H,2-9H2,1H3,(H,21,22). The summed E-state index contributed by atoms with van der Waals surface area (Å²) >= 11 is 0. The Hall–Kier alpha value is -2.03. The predicted octanol–water partition coefficient (Wildman–Crippen LogP) is 5.68. The molecule has 126 valence electrons. The number of rotatable bonds is 13. The van der Waals surface area contributed by atoms with Crippen LogP contribution >= 0.6 is 0 Å². The molecule has 0 unspecified atom stereocenters. The molecule has 1 heterocycles. The molecule has 0 saturated heterocycles. The van der Waals surface area contributed by atoms with Crippen molar-refractivity contribution in [2.45, 2.75) is 58.3 Å². The van der Waals surface area contributed by atoms with Crippen molar-refractivity contribution in [3.05, 3.63) is 60.1 Å². The van der Waals surface area contributed by atoms with Crippen LogP contribution in [0.2, 0.25) is 0 Å².